The van der Waals surface area contributed by atoms with Crippen molar-refractivity contribution in [3.8, 4) is 23.0 Å². The van der Waals surface area contributed by atoms with Crippen LogP contribution >= 0.6 is 0 Å². The molecule has 2 aliphatic heterocycles. The van der Waals surface area contributed by atoms with Gasteiger partial charge in [-0.05, 0) is 95.1 Å². The second-order valence-electron chi connectivity index (χ2n) is 19.1. The Balaban J connectivity index is 1.40. The molecule has 2 fully saturated rings. The first-order chi connectivity index (χ1) is 41.8. The summed E-state index contributed by atoms with van der Waals surface area (Å²) in [5.41, 5.74) is 1.68. The van der Waals surface area contributed by atoms with Crippen molar-refractivity contribution in [2.24, 2.45) is 0 Å². The van der Waals surface area contributed by atoms with Crippen molar-refractivity contribution in [1.82, 2.24) is 0 Å². The third-order valence-electron chi connectivity index (χ3n) is 11.9. The maximum absolute atomic E-state index is 14.0. The average molecular weight is 1220 g/mol. The van der Waals surface area contributed by atoms with Crippen molar-refractivity contribution >= 4 is 90.0 Å². The summed E-state index contributed by atoms with van der Waals surface area (Å²) in [6.45, 7) is 4.84. The summed E-state index contributed by atoms with van der Waals surface area (Å²) in [7, 11) is 0. The molecule has 464 valence electrons. The van der Waals surface area contributed by atoms with Gasteiger partial charge >= 0.3 is 65.7 Å². The van der Waals surface area contributed by atoms with Crippen molar-refractivity contribution in [3.05, 3.63) is 144 Å². The zero-order valence-corrected chi connectivity index (χ0v) is 48.2. The minimum atomic E-state index is -2.87. The largest absolute Gasteiger partial charge is 0.460 e. The molecule has 9 atom stereocenters. The lowest BCUT2D eigenvalue weighted by atomic mass is 9.97. The van der Waals surface area contributed by atoms with Crippen LogP contribution in [-0.2, 0) is 100 Å². The summed E-state index contributed by atoms with van der Waals surface area (Å²) < 4.78 is 78.9. The van der Waals surface area contributed by atoms with Gasteiger partial charge in [-0.15, -0.1) is 0 Å². The number of aliphatic hydroxyl groups is 1. The van der Waals surface area contributed by atoms with Gasteiger partial charge in [0.15, 0.2) is 24.4 Å². The van der Waals surface area contributed by atoms with Crippen molar-refractivity contribution < 1.29 is 124 Å². The second kappa shape index (κ2) is 31.8. The summed E-state index contributed by atoms with van der Waals surface area (Å²) in [6.07, 6.45) is -6.59. The molecule has 0 aromatic heterocycles. The van der Waals surface area contributed by atoms with E-state index in [0.717, 1.165) is 45.1 Å². The number of esters is 11. The minimum absolute atomic E-state index is 0.185. The molecule has 2 heterocycles. The molecule has 2 saturated heterocycles. The highest BCUT2D eigenvalue weighted by Crippen LogP contribution is 2.41. The molecule has 0 spiro atoms. The van der Waals surface area contributed by atoms with Gasteiger partial charge in [0.2, 0.25) is 12.1 Å². The normalized spacial score (nSPS) is 21.4. The number of aliphatic hydroxyl groups excluding tert-OH is 1. The van der Waals surface area contributed by atoms with Gasteiger partial charge in [-0.3, -0.25) is 33.6 Å². The average Bonchev–Trinajstić information content (AvgIpc) is 1.89. The predicted octanol–water partition coefficient (Wildman–Crippen LogP) is 5.08. The zero-order valence-electron chi connectivity index (χ0n) is 48.2. The van der Waals surface area contributed by atoms with Crippen LogP contribution in [0.4, 0.5) is 0 Å². The molecule has 0 radical (unpaired) electrons. The number of ether oxygens (including phenoxy) is 14. The van der Waals surface area contributed by atoms with Crippen LogP contribution < -0.4 is 18.9 Å². The molecule has 0 bridgehead atoms. The Morgan fingerprint density at radius 1 is 0.409 bits per heavy atom. The molecule has 26 heteroatoms. The van der Waals surface area contributed by atoms with Crippen LogP contribution in [0.25, 0.3) is 24.3 Å². The van der Waals surface area contributed by atoms with E-state index in [1.165, 1.54) is 149 Å². The van der Waals surface area contributed by atoms with Gasteiger partial charge in [0.05, 0.1) is 0 Å². The van der Waals surface area contributed by atoms with Gasteiger partial charge < -0.3 is 71.4 Å². The summed E-state index contributed by atoms with van der Waals surface area (Å²) >= 11 is 0. The van der Waals surface area contributed by atoms with Gasteiger partial charge in [0.25, 0.3) is 0 Å². The van der Waals surface area contributed by atoms with Crippen LogP contribution in [0.2, 0.25) is 0 Å². The maximum Gasteiger partial charge on any atom is 0.331 e. The lowest BCUT2D eigenvalue weighted by Gasteiger charge is -2.46. The Morgan fingerprint density at radius 3 is 1.10 bits per heavy atom. The van der Waals surface area contributed by atoms with Crippen molar-refractivity contribution in [2.45, 2.75) is 103 Å². The Labute approximate surface area is 502 Å². The molecule has 0 amide bonds. The molecule has 0 unspecified atom stereocenters. The SMILES string of the molecule is CC(=O)Oc1ccc(/C=C/C(=O)OC[C@H]2O[C@@](COC(=O)/C=C/c3ccc(OC(C)=O)cc3)(O[C@H]3O[C@H](COC(=O)/C=C/c4ccc(OC(C)=O)cc4)[C@@H](OC(C)=O)[C@H](OC(C)=O)[C@H]3OC(C)=O)[C@@H](OC(=O)/C=C/c3ccc(OC(C)=O)cc3)[C@@H]2O)cc1. The van der Waals surface area contributed by atoms with E-state index in [2.05, 4.69) is 0 Å². The van der Waals surface area contributed by atoms with Gasteiger partial charge in [-0.2, -0.15) is 0 Å². The number of hydrogen-bond acceptors (Lipinski definition) is 26. The first kappa shape index (κ1) is 67.0. The number of carbonyl (C=O) groups is 11. The Kier molecular flexibility index (Phi) is 24.2. The molecule has 0 aliphatic carbocycles. The molecular weight excluding hydrogens is 1160 g/mol. The number of hydrogen-bond donors (Lipinski definition) is 1. The van der Waals surface area contributed by atoms with Gasteiger partial charge in [0.1, 0.15) is 61.1 Å². The van der Waals surface area contributed by atoms with Crippen LogP contribution in [0.15, 0.2) is 121 Å². The Bertz CT molecular complexity index is 3310. The summed E-state index contributed by atoms with van der Waals surface area (Å²) in [6, 6.07) is 23.7. The number of rotatable bonds is 24. The highest BCUT2D eigenvalue weighted by atomic mass is 16.8. The molecule has 2 aliphatic rings. The molecule has 4 aromatic rings. The molecule has 6 rings (SSSR count). The van der Waals surface area contributed by atoms with Crippen LogP contribution in [0.5, 0.6) is 23.0 Å². The van der Waals surface area contributed by atoms with E-state index >= 15 is 0 Å². The molecule has 1 N–H and O–H groups in total. The van der Waals surface area contributed by atoms with Crippen molar-refractivity contribution in [3.63, 3.8) is 0 Å². The highest BCUT2D eigenvalue weighted by molar-refractivity contribution is 5.89. The van der Waals surface area contributed by atoms with E-state index in [-0.39, 0.29) is 23.0 Å². The second-order valence-corrected chi connectivity index (χ2v) is 19.1. The Morgan fingerprint density at radius 2 is 0.739 bits per heavy atom. The van der Waals surface area contributed by atoms with Crippen LogP contribution in [0.3, 0.4) is 0 Å². The molecule has 4 aromatic carbocycles. The first-order valence-electron chi connectivity index (χ1n) is 26.6. The molecule has 26 nitrogen and oxygen atoms in total. The summed E-state index contributed by atoms with van der Waals surface area (Å²) in [5.74, 6) is -11.8. The van der Waals surface area contributed by atoms with Crippen LogP contribution in [0.1, 0.15) is 70.7 Å². The first-order valence-corrected chi connectivity index (χ1v) is 26.6. The van der Waals surface area contributed by atoms with E-state index in [0.29, 0.717) is 22.3 Å². The third-order valence-corrected chi connectivity index (χ3v) is 11.9. The van der Waals surface area contributed by atoms with Crippen LogP contribution in [-0.4, -0.2) is 145 Å². The fourth-order valence-electron chi connectivity index (χ4n) is 8.38. The monoisotopic (exact) mass is 1220 g/mol. The van der Waals surface area contributed by atoms with Crippen molar-refractivity contribution in [1.29, 1.82) is 0 Å². The lowest BCUT2D eigenvalue weighted by molar-refractivity contribution is -0.384. The molecular formula is C62H60O26. The Hall–Kier alpha value is -10.2. The molecule has 0 saturated carbocycles. The lowest BCUT2D eigenvalue weighted by Crippen LogP contribution is -2.65. The van der Waals surface area contributed by atoms with Gasteiger partial charge in [0, 0.05) is 72.8 Å². The van der Waals surface area contributed by atoms with Crippen LogP contribution in [0, 0.1) is 0 Å². The number of benzene rings is 4. The van der Waals surface area contributed by atoms with E-state index in [9.17, 15) is 57.8 Å². The minimum Gasteiger partial charge on any atom is -0.460 e. The van der Waals surface area contributed by atoms with E-state index in [4.69, 9.17) is 66.3 Å². The smallest absolute Gasteiger partial charge is 0.331 e. The zero-order chi connectivity index (χ0) is 64.1. The van der Waals surface area contributed by atoms with E-state index < -0.39 is 140 Å². The van der Waals surface area contributed by atoms with Gasteiger partial charge in [-0.25, -0.2) is 19.2 Å². The fourth-order valence-corrected chi connectivity index (χ4v) is 8.38. The van der Waals surface area contributed by atoms with Gasteiger partial charge in [-0.1, -0.05) is 48.5 Å². The quantitative estimate of drug-likeness (QED) is 0.0414. The van der Waals surface area contributed by atoms with Crippen molar-refractivity contribution in [2.75, 3.05) is 19.8 Å². The van der Waals surface area contributed by atoms with E-state index in [1.54, 1.807) is 0 Å². The predicted molar refractivity (Wildman–Crippen MR) is 300 cm³/mol. The van der Waals surface area contributed by atoms with E-state index in [1.807, 2.05) is 0 Å². The molecule has 88 heavy (non-hydrogen) atoms. The standard InChI is InChI=1S/C62H60O26/c1-35(63)78-46-20-8-42(9-21-46)16-28-52(70)75-32-50-56(74)60(86-55(73)31-19-45-14-26-49(27-15-45)81-38(4)66)62(87-50,34-77-54(72)30-18-44-12-24-48(25-13-44)80-37(3)65)88-61-59(84-41(7)69)58(83-40(6)68)57(82-39(5)67)51(85-61)33-76-53(71)29-17-43-10-22-47(23-11-43)79-36(2)64/h8-31,50-51,56-61,74H,32-34H2,1-7H3/b28-16+,29-17+,30-18+,31-19+/t50-,51-,56-,57-,58+,59-,60+,61-,62+/m1/s1. The number of carbonyl (C=O) groups excluding carboxylic acids is 11. The summed E-state index contributed by atoms with van der Waals surface area (Å²) in [5, 5.41) is 12.2. The third kappa shape index (κ3) is 21.1. The fraction of sp³-hybridized carbons (Fsp3) is 0.306. The maximum atomic E-state index is 14.0. The highest BCUT2D eigenvalue weighted by Gasteiger charge is 2.63. The summed E-state index contributed by atoms with van der Waals surface area (Å²) in [4.78, 5) is 139. The topological polar surface area (TPSA) is 337 Å².